The first-order valence-electron chi connectivity index (χ1n) is 10.2. The van der Waals surface area contributed by atoms with Crippen LogP contribution in [-0.4, -0.2) is 31.3 Å². The highest BCUT2D eigenvalue weighted by atomic mass is 32.2. The number of aryl methyl sites for hydroxylation is 2. The van der Waals surface area contributed by atoms with Gasteiger partial charge in [-0.1, -0.05) is 23.8 Å². The van der Waals surface area contributed by atoms with Crippen LogP contribution in [0.5, 0.6) is 11.5 Å². The van der Waals surface area contributed by atoms with Gasteiger partial charge in [-0.05, 0) is 56.7 Å². The van der Waals surface area contributed by atoms with Crippen LogP contribution in [-0.2, 0) is 10.0 Å². The van der Waals surface area contributed by atoms with Gasteiger partial charge in [0.05, 0.1) is 28.3 Å². The Morgan fingerprint density at radius 2 is 1.85 bits per heavy atom. The molecule has 0 saturated heterocycles. The number of phenolic OH excluding ortho intramolecular Hbond substituents is 1. The molecule has 11 heteroatoms. The minimum atomic E-state index is -4.07. The number of phenols is 1. The topological polar surface area (TPSA) is 143 Å². The summed E-state index contributed by atoms with van der Waals surface area (Å²) < 4.78 is 33.4. The summed E-state index contributed by atoms with van der Waals surface area (Å²) in [4.78, 5) is 10.6. The smallest absolute Gasteiger partial charge is 0.295 e. The molecule has 3 rings (SSSR count). The predicted molar refractivity (Wildman–Crippen MR) is 130 cm³/mol. The SMILES string of the molecule is CCOc1cccc(/C=N/Nc2ccc(S(=O)(=O)Nc3ccc(C)cc3C)cc2[N+](=O)[O-])c1O. The third-order valence-electron chi connectivity index (χ3n) is 4.82. The molecule has 0 amide bonds. The van der Waals surface area contributed by atoms with Crippen LogP contribution in [0.1, 0.15) is 23.6 Å². The summed E-state index contributed by atoms with van der Waals surface area (Å²) in [5.41, 5.74) is 4.44. The molecular formula is C23H24N4O6S. The molecule has 0 unspecified atom stereocenters. The van der Waals surface area contributed by atoms with Gasteiger partial charge < -0.3 is 9.84 Å². The van der Waals surface area contributed by atoms with Crippen molar-refractivity contribution >= 4 is 33.3 Å². The number of rotatable bonds is 9. The zero-order valence-electron chi connectivity index (χ0n) is 18.8. The fourth-order valence-corrected chi connectivity index (χ4v) is 4.29. The van der Waals surface area contributed by atoms with Crippen LogP contribution >= 0.6 is 0 Å². The average Bonchev–Trinajstić information content (AvgIpc) is 2.78. The Labute approximate surface area is 197 Å². The minimum absolute atomic E-state index is 0.0211. The summed E-state index contributed by atoms with van der Waals surface area (Å²) in [7, 11) is -4.07. The summed E-state index contributed by atoms with van der Waals surface area (Å²) >= 11 is 0. The van der Waals surface area contributed by atoms with E-state index in [-0.39, 0.29) is 22.1 Å². The number of hydrazone groups is 1. The van der Waals surface area contributed by atoms with Gasteiger partial charge in [0.25, 0.3) is 15.7 Å². The maximum Gasteiger partial charge on any atom is 0.295 e. The summed E-state index contributed by atoms with van der Waals surface area (Å²) in [5.74, 6) is 0.159. The van der Waals surface area contributed by atoms with Crippen LogP contribution in [0, 0.1) is 24.0 Å². The summed E-state index contributed by atoms with van der Waals surface area (Å²) in [6, 6.07) is 13.5. The Bertz CT molecular complexity index is 1360. The molecule has 3 aromatic carbocycles. The van der Waals surface area contributed by atoms with Crippen LogP contribution in [0.4, 0.5) is 17.1 Å². The molecule has 0 radical (unpaired) electrons. The van der Waals surface area contributed by atoms with Crippen molar-refractivity contribution in [3.8, 4) is 11.5 Å². The highest BCUT2D eigenvalue weighted by Gasteiger charge is 2.22. The Morgan fingerprint density at radius 1 is 1.12 bits per heavy atom. The summed E-state index contributed by atoms with van der Waals surface area (Å²) in [5, 5.41) is 25.7. The quantitative estimate of drug-likeness (QED) is 0.229. The van der Waals surface area contributed by atoms with Gasteiger partial charge in [0.1, 0.15) is 5.69 Å². The van der Waals surface area contributed by atoms with E-state index >= 15 is 0 Å². The highest BCUT2D eigenvalue weighted by Crippen LogP contribution is 2.30. The lowest BCUT2D eigenvalue weighted by atomic mass is 10.1. The molecule has 10 nitrogen and oxygen atoms in total. The number of nitrogens with one attached hydrogen (secondary N) is 2. The number of hydrogen-bond donors (Lipinski definition) is 3. The van der Waals surface area contributed by atoms with E-state index in [0.29, 0.717) is 17.9 Å². The van der Waals surface area contributed by atoms with Gasteiger partial charge in [0, 0.05) is 11.6 Å². The largest absolute Gasteiger partial charge is 0.504 e. The molecule has 0 atom stereocenters. The second-order valence-electron chi connectivity index (χ2n) is 7.36. The van der Waals surface area contributed by atoms with E-state index in [9.17, 15) is 23.6 Å². The van der Waals surface area contributed by atoms with Crippen molar-refractivity contribution in [1.82, 2.24) is 0 Å². The number of nitro groups is 1. The molecule has 0 aliphatic carbocycles. The summed E-state index contributed by atoms with van der Waals surface area (Å²) in [6.07, 6.45) is 1.27. The third kappa shape index (κ3) is 5.62. The number of aromatic hydroxyl groups is 1. The van der Waals surface area contributed by atoms with E-state index in [1.165, 1.54) is 18.3 Å². The number of hydrogen-bond acceptors (Lipinski definition) is 8. The van der Waals surface area contributed by atoms with Crippen molar-refractivity contribution in [1.29, 1.82) is 0 Å². The van der Waals surface area contributed by atoms with E-state index in [0.717, 1.165) is 17.2 Å². The number of ether oxygens (including phenoxy) is 1. The van der Waals surface area contributed by atoms with E-state index in [4.69, 9.17) is 4.74 Å². The van der Waals surface area contributed by atoms with Gasteiger partial charge in [-0.2, -0.15) is 5.10 Å². The zero-order chi connectivity index (χ0) is 24.9. The first kappa shape index (κ1) is 24.5. The first-order valence-corrected chi connectivity index (χ1v) is 11.7. The molecule has 0 aliphatic rings. The average molecular weight is 485 g/mol. The molecule has 0 spiro atoms. The molecular weight excluding hydrogens is 460 g/mol. The van der Waals surface area contributed by atoms with E-state index < -0.39 is 20.6 Å². The second-order valence-corrected chi connectivity index (χ2v) is 9.04. The number of sulfonamides is 1. The number of benzene rings is 3. The third-order valence-corrected chi connectivity index (χ3v) is 6.18. The van der Waals surface area contributed by atoms with Crippen LogP contribution in [0.15, 0.2) is 64.6 Å². The van der Waals surface area contributed by atoms with Gasteiger partial charge in [-0.3, -0.25) is 20.3 Å². The van der Waals surface area contributed by atoms with Crippen molar-refractivity contribution in [2.45, 2.75) is 25.7 Å². The van der Waals surface area contributed by atoms with Gasteiger partial charge in [0.2, 0.25) is 0 Å². The van der Waals surface area contributed by atoms with E-state index in [1.807, 2.05) is 13.0 Å². The molecule has 178 valence electrons. The lowest BCUT2D eigenvalue weighted by Crippen LogP contribution is -2.14. The fraction of sp³-hybridized carbons (Fsp3) is 0.174. The van der Waals surface area contributed by atoms with Crippen LogP contribution in [0.2, 0.25) is 0 Å². The predicted octanol–water partition coefficient (Wildman–Crippen LogP) is 4.56. The molecule has 3 N–H and O–H groups in total. The van der Waals surface area contributed by atoms with Crippen molar-refractivity contribution in [3.63, 3.8) is 0 Å². The minimum Gasteiger partial charge on any atom is -0.504 e. The lowest BCUT2D eigenvalue weighted by Gasteiger charge is -2.12. The number of nitrogens with zero attached hydrogens (tertiary/aromatic N) is 2. The van der Waals surface area contributed by atoms with Gasteiger partial charge in [-0.15, -0.1) is 0 Å². The van der Waals surface area contributed by atoms with Crippen molar-refractivity contribution < 1.29 is 23.2 Å². The van der Waals surface area contributed by atoms with Gasteiger partial charge >= 0.3 is 0 Å². The zero-order valence-corrected chi connectivity index (χ0v) is 19.6. The summed E-state index contributed by atoms with van der Waals surface area (Å²) in [6.45, 7) is 5.80. The molecule has 0 fully saturated rings. The highest BCUT2D eigenvalue weighted by molar-refractivity contribution is 7.92. The monoisotopic (exact) mass is 484 g/mol. The van der Waals surface area contributed by atoms with Gasteiger partial charge in [-0.25, -0.2) is 8.42 Å². The Kier molecular flexibility index (Phi) is 7.37. The number of para-hydroxylation sites is 1. The maximum absolute atomic E-state index is 12.8. The molecule has 0 aliphatic heterocycles. The molecule has 0 aromatic heterocycles. The molecule has 34 heavy (non-hydrogen) atoms. The van der Waals surface area contributed by atoms with Crippen molar-refractivity contribution in [2.24, 2.45) is 5.10 Å². The molecule has 0 bridgehead atoms. The molecule has 0 heterocycles. The number of anilines is 2. The number of nitro benzene ring substituents is 1. The first-order chi connectivity index (χ1) is 16.1. The van der Waals surface area contributed by atoms with Crippen molar-refractivity contribution in [2.75, 3.05) is 16.8 Å². The Balaban J connectivity index is 1.85. The van der Waals surface area contributed by atoms with E-state index in [2.05, 4.69) is 15.2 Å². The maximum atomic E-state index is 12.8. The van der Waals surface area contributed by atoms with Crippen molar-refractivity contribution in [3.05, 3.63) is 81.4 Å². The fourth-order valence-electron chi connectivity index (χ4n) is 3.14. The standard InChI is InChI=1S/C23H24N4O6S/c1-4-33-22-7-5-6-17(23(22)28)14-24-25-20-11-9-18(13-21(20)27(29)30)34(31,32)26-19-10-8-15(2)12-16(19)3/h5-14,25-26,28H,4H2,1-3H3/b24-14+. The van der Waals surface area contributed by atoms with Crippen LogP contribution < -0.4 is 14.9 Å². The van der Waals surface area contributed by atoms with Crippen LogP contribution in [0.25, 0.3) is 0 Å². The Hall–Kier alpha value is -4.12. The lowest BCUT2D eigenvalue weighted by molar-refractivity contribution is -0.384. The molecule has 3 aromatic rings. The van der Waals surface area contributed by atoms with E-state index in [1.54, 1.807) is 44.2 Å². The van der Waals surface area contributed by atoms with Crippen LogP contribution in [0.3, 0.4) is 0 Å². The molecule has 0 saturated carbocycles. The Morgan fingerprint density at radius 3 is 2.53 bits per heavy atom. The normalized spacial score (nSPS) is 11.4. The van der Waals surface area contributed by atoms with Gasteiger partial charge in [0.15, 0.2) is 11.5 Å². The second kappa shape index (κ2) is 10.2.